The van der Waals surface area contributed by atoms with Crippen molar-refractivity contribution in [3.05, 3.63) is 74.9 Å². The number of nitrogens with one attached hydrogen (secondary N) is 2. The van der Waals surface area contributed by atoms with Crippen molar-refractivity contribution in [1.29, 1.82) is 0 Å². The van der Waals surface area contributed by atoms with Crippen LogP contribution >= 0.6 is 23.2 Å². The normalized spacial score (nSPS) is 18.8. The van der Waals surface area contributed by atoms with Crippen molar-refractivity contribution in [3.63, 3.8) is 0 Å². The zero-order chi connectivity index (χ0) is 26.2. The number of aromatic nitrogens is 2. The Kier molecular flexibility index (Phi) is 6.95. The molecule has 0 bridgehead atoms. The van der Waals surface area contributed by atoms with Crippen LogP contribution in [-0.4, -0.2) is 52.5 Å². The number of hydrogen-bond acceptors (Lipinski definition) is 6. The molecule has 196 valence electrons. The van der Waals surface area contributed by atoms with E-state index in [0.717, 1.165) is 47.9 Å². The van der Waals surface area contributed by atoms with Gasteiger partial charge in [-0.1, -0.05) is 41.4 Å². The molecule has 10 heteroatoms. The van der Waals surface area contributed by atoms with Gasteiger partial charge in [-0.3, -0.25) is 9.59 Å². The number of aryl methyl sites for hydroxylation is 1. The second-order valence-electron chi connectivity index (χ2n) is 9.96. The second kappa shape index (κ2) is 10.5. The summed E-state index contributed by atoms with van der Waals surface area (Å²) in [5, 5.41) is 7.55. The Labute approximate surface area is 230 Å². The summed E-state index contributed by atoms with van der Waals surface area (Å²) < 4.78 is 5.42. The van der Waals surface area contributed by atoms with E-state index in [1.54, 1.807) is 17.2 Å². The molecule has 2 N–H and O–H groups in total. The number of ether oxygens (including phenoxy) is 1. The summed E-state index contributed by atoms with van der Waals surface area (Å²) in [7, 11) is 0. The lowest BCUT2D eigenvalue weighted by Gasteiger charge is -2.23. The van der Waals surface area contributed by atoms with Crippen LogP contribution in [0.4, 0.5) is 5.95 Å². The molecule has 3 aromatic rings. The highest BCUT2D eigenvalue weighted by Crippen LogP contribution is 2.34. The number of fused-ring (bicyclic) bond motifs is 2. The van der Waals surface area contributed by atoms with Gasteiger partial charge in [0.1, 0.15) is 6.54 Å². The number of carbonyl (C=O) groups is 2. The van der Waals surface area contributed by atoms with Gasteiger partial charge in [-0.25, -0.2) is 9.97 Å². The first-order valence-electron chi connectivity index (χ1n) is 12.8. The summed E-state index contributed by atoms with van der Waals surface area (Å²) >= 11 is 12.6. The van der Waals surface area contributed by atoms with E-state index in [0.29, 0.717) is 47.0 Å². The van der Waals surface area contributed by atoms with E-state index in [2.05, 4.69) is 20.6 Å². The zero-order valence-electron chi connectivity index (χ0n) is 20.7. The standard InChI is InChI=1S/C28H27Cl2N5O3/c29-19-4-5-21-16(11-19)3-6-24(21)33-25(36)15-35-14-18-2-1-17(12-22(18)27(35)37)26-23(30)13-31-28(34-26)32-20-7-9-38-10-8-20/h1-2,4-5,11-13,20,24H,3,6-10,14-15H2,(H,33,36)(H,31,32,34). The van der Waals surface area contributed by atoms with Crippen LogP contribution in [-0.2, 0) is 22.5 Å². The topological polar surface area (TPSA) is 96.5 Å². The van der Waals surface area contributed by atoms with E-state index in [9.17, 15) is 9.59 Å². The minimum atomic E-state index is -0.179. The van der Waals surface area contributed by atoms with Crippen LogP contribution in [0.5, 0.6) is 0 Å². The first-order valence-corrected chi connectivity index (χ1v) is 13.6. The summed E-state index contributed by atoms with van der Waals surface area (Å²) in [5.74, 6) is 0.139. The van der Waals surface area contributed by atoms with Crippen LogP contribution in [0.1, 0.15) is 52.4 Å². The molecule has 1 fully saturated rings. The third-order valence-electron chi connectivity index (χ3n) is 7.41. The van der Waals surface area contributed by atoms with Crippen LogP contribution in [0.25, 0.3) is 11.3 Å². The SMILES string of the molecule is O=C(CN1Cc2ccc(-c3nc(NC4CCOCC4)ncc3Cl)cc2C1=O)NC1CCc2cc(Cl)ccc21. The summed E-state index contributed by atoms with van der Waals surface area (Å²) in [6, 6.07) is 11.6. The molecule has 1 atom stereocenters. The Balaban J connectivity index is 1.14. The summed E-state index contributed by atoms with van der Waals surface area (Å²) in [5.41, 5.74) is 4.98. The van der Waals surface area contributed by atoms with Crippen molar-refractivity contribution in [1.82, 2.24) is 20.2 Å². The number of rotatable bonds is 6. The van der Waals surface area contributed by atoms with E-state index < -0.39 is 0 Å². The second-order valence-corrected chi connectivity index (χ2v) is 10.8. The van der Waals surface area contributed by atoms with Crippen LogP contribution < -0.4 is 10.6 Å². The van der Waals surface area contributed by atoms with Crippen molar-refractivity contribution in [3.8, 4) is 11.3 Å². The van der Waals surface area contributed by atoms with E-state index in [1.165, 1.54) is 0 Å². The minimum absolute atomic E-state index is 0.00426. The number of carbonyl (C=O) groups excluding carboxylic acids is 2. The fourth-order valence-electron chi connectivity index (χ4n) is 5.45. The van der Waals surface area contributed by atoms with E-state index in [-0.39, 0.29) is 30.4 Å². The molecule has 1 saturated heterocycles. The summed E-state index contributed by atoms with van der Waals surface area (Å²) in [4.78, 5) is 36.7. The molecule has 0 saturated carbocycles. The van der Waals surface area contributed by atoms with Gasteiger partial charge < -0.3 is 20.3 Å². The van der Waals surface area contributed by atoms with Gasteiger partial charge in [0, 0.05) is 41.9 Å². The molecule has 38 heavy (non-hydrogen) atoms. The number of halogens is 2. The zero-order valence-corrected chi connectivity index (χ0v) is 22.2. The van der Waals surface area contributed by atoms with E-state index in [1.807, 2.05) is 30.3 Å². The Morgan fingerprint density at radius 3 is 2.76 bits per heavy atom. The lowest BCUT2D eigenvalue weighted by Crippen LogP contribution is -2.38. The molecule has 3 heterocycles. The molecule has 8 nitrogen and oxygen atoms in total. The van der Waals surface area contributed by atoms with Gasteiger partial charge in [-0.15, -0.1) is 0 Å². The number of nitrogens with zero attached hydrogens (tertiary/aromatic N) is 3. The minimum Gasteiger partial charge on any atom is -0.381 e. The van der Waals surface area contributed by atoms with Gasteiger partial charge >= 0.3 is 0 Å². The van der Waals surface area contributed by atoms with Gasteiger partial charge in [0.15, 0.2) is 0 Å². The molecule has 0 spiro atoms. The van der Waals surface area contributed by atoms with Gasteiger partial charge in [0.2, 0.25) is 11.9 Å². The molecule has 1 unspecified atom stereocenters. The lowest BCUT2D eigenvalue weighted by atomic mass is 10.0. The Morgan fingerprint density at radius 2 is 1.92 bits per heavy atom. The third kappa shape index (κ3) is 5.08. The van der Waals surface area contributed by atoms with Gasteiger partial charge in [-0.05, 0) is 60.6 Å². The fraction of sp³-hybridized carbons (Fsp3) is 0.357. The quantitative estimate of drug-likeness (QED) is 0.456. The average molecular weight is 552 g/mol. The number of hydrogen-bond donors (Lipinski definition) is 2. The maximum absolute atomic E-state index is 13.2. The first kappa shape index (κ1) is 25.1. The number of benzene rings is 2. The molecule has 2 aliphatic heterocycles. The van der Waals surface area contributed by atoms with Crippen molar-refractivity contribution in [2.24, 2.45) is 0 Å². The fourth-order valence-corrected chi connectivity index (χ4v) is 5.84. The molecule has 2 amide bonds. The molecule has 1 aliphatic carbocycles. The van der Waals surface area contributed by atoms with Crippen LogP contribution in [0.3, 0.4) is 0 Å². The van der Waals surface area contributed by atoms with Crippen molar-refractivity contribution >= 4 is 41.0 Å². The Bertz CT molecular complexity index is 1410. The highest BCUT2D eigenvalue weighted by atomic mass is 35.5. The van der Waals surface area contributed by atoms with Crippen LogP contribution in [0.2, 0.25) is 10.0 Å². The average Bonchev–Trinajstić information content (AvgIpc) is 3.45. The highest BCUT2D eigenvalue weighted by molar-refractivity contribution is 6.33. The predicted molar refractivity (Wildman–Crippen MR) is 145 cm³/mol. The number of anilines is 1. The summed E-state index contributed by atoms with van der Waals surface area (Å²) in [6.45, 7) is 1.80. The molecule has 0 radical (unpaired) electrons. The molecule has 6 rings (SSSR count). The lowest BCUT2D eigenvalue weighted by molar-refractivity contribution is -0.122. The monoisotopic (exact) mass is 551 g/mol. The molecule has 2 aromatic carbocycles. The third-order valence-corrected chi connectivity index (χ3v) is 7.92. The molecule has 3 aliphatic rings. The Morgan fingerprint density at radius 1 is 1.08 bits per heavy atom. The molecule has 1 aromatic heterocycles. The van der Waals surface area contributed by atoms with Crippen molar-refractivity contribution in [2.45, 2.75) is 44.3 Å². The Hall–Kier alpha value is -3.20. The predicted octanol–water partition coefficient (Wildman–Crippen LogP) is 4.80. The molecular formula is C28H27Cl2N5O3. The van der Waals surface area contributed by atoms with Gasteiger partial charge in [-0.2, -0.15) is 0 Å². The first-order chi connectivity index (χ1) is 18.4. The van der Waals surface area contributed by atoms with Crippen LogP contribution in [0.15, 0.2) is 42.6 Å². The molecular weight excluding hydrogens is 525 g/mol. The van der Waals surface area contributed by atoms with Crippen molar-refractivity contribution < 1.29 is 14.3 Å². The van der Waals surface area contributed by atoms with Crippen LogP contribution in [0, 0.1) is 0 Å². The highest BCUT2D eigenvalue weighted by Gasteiger charge is 2.31. The van der Waals surface area contributed by atoms with E-state index >= 15 is 0 Å². The largest absolute Gasteiger partial charge is 0.381 e. The van der Waals surface area contributed by atoms with Crippen molar-refractivity contribution in [2.75, 3.05) is 25.1 Å². The maximum Gasteiger partial charge on any atom is 0.254 e. The maximum atomic E-state index is 13.2. The smallest absolute Gasteiger partial charge is 0.254 e. The van der Waals surface area contributed by atoms with E-state index in [4.69, 9.17) is 27.9 Å². The van der Waals surface area contributed by atoms with Gasteiger partial charge in [0.05, 0.1) is 23.0 Å². The summed E-state index contributed by atoms with van der Waals surface area (Å²) in [6.07, 6.45) is 5.05. The van der Waals surface area contributed by atoms with Gasteiger partial charge in [0.25, 0.3) is 5.91 Å². The number of amides is 2.